The Kier molecular flexibility index (Phi) is 8.81. The van der Waals surface area contributed by atoms with E-state index in [0.717, 1.165) is 18.4 Å². The van der Waals surface area contributed by atoms with E-state index in [1.54, 1.807) is 41.3 Å². The molecule has 5 amide bonds. The van der Waals surface area contributed by atoms with Crippen LogP contribution in [0, 0.1) is 22.6 Å². The molecule has 5 aliphatic rings. The van der Waals surface area contributed by atoms with Crippen LogP contribution in [-0.2, 0) is 32.8 Å². The van der Waals surface area contributed by atoms with Gasteiger partial charge in [-0.25, -0.2) is 18.0 Å². The van der Waals surface area contributed by atoms with E-state index >= 15 is 0 Å². The minimum Gasteiger partial charge on any atom is -0.410 e. The van der Waals surface area contributed by atoms with Crippen molar-refractivity contribution in [1.82, 2.24) is 20.9 Å². The summed E-state index contributed by atoms with van der Waals surface area (Å²) in [6.07, 6.45) is 2.25. The van der Waals surface area contributed by atoms with Crippen LogP contribution in [0.5, 0.6) is 0 Å². The van der Waals surface area contributed by atoms with Crippen molar-refractivity contribution in [1.29, 1.82) is 5.41 Å². The summed E-state index contributed by atoms with van der Waals surface area (Å²) in [5, 5.41) is 31.3. The number of urea groups is 1. The van der Waals surface area contributed by atoms with E-state index in [4.69, 9.17) is 5.41 Å². The summed E-state index contributed by atoms with van der Waals surface area (Å²) < 4.78 is 43.1. The van der Waals surface area contributed by atoms with Gasteiger partial charge in [-0.05, 0) is 80.7 Å². The lowest BCUT2D eigenvalue weighted by atomic mass is 9.81. The van der Waals surface area contributed by atoms with Crippen molar-refractivity contribution >= 4 is 40.9 Å². The van der Waals surface area contributed by atoms with Gasteiger partial charge in [-0.2, -0.15) is 0 Å². The van der Waals surface area contributed by atoms with E-state index < -0.39 is 65.1 Å². The molecule has 15 heteroatoms. The van der Waals surface area contributed by atoms with Crippen LogP contribution in [0.2, 0.25) is 0 Å². The third kappa shape index (κ3) is 6.60. The molecule has 7 rings (SSSR count). The minimum absolute atomic E-state index is 0.0455. The van der Waals surface area contributed by atoms with Gasteiger partial charge < -0.3 is 36.8 Å². The van der Waals surface area contributed by atoms with E-state index in [1.165, 1.54) is 13.0 Å². The molecule has 2 aromatic rings. The Morgan fingerprint density at radius 2 is 1.71 bits per heavy atom. The van der Waals surface area contributed by atoms with Crippen LogP contribution in [0.1, 0.15) is 75.0 Å². The van der Waals surface area contributed by atoms with Gasteiger partial charge in [-0.3, -0.25) is 14.4 Å². The number of rotatable bonds is 10. The lowest BCUT2D eigenvalue weighted by Gasteiger charge is -2.45. The van der Waals surface area contributed by atoms with Gasteiger partial charge in [0.25, 0.3) is 5.91 Å². The molecule has 4 aliphatic carbocycles. The Hall–Kier alpha value is -4.95. The largest absolute Gasteiger partial charge is 0.410 e. The second-order valence-corrected chi connectivity index (χ2v) is 15.3. The zero-order valence-electron chi connectivity index (χ0n) is 28.8. The fourth-order valence-corrected chi connectivity index (χ4v) is 8.17. The van der Waals surface area contributed by atoms with Crippen molar-refractivity contribution in [2.24, 2.45) is 16.5 Å². The molecule has 1 saturated heterocycles. The molecular weight excluding hydrogens is 679 g/mol. The van der Waals surface area contributed by atoms with Crippen LogP contribution in [0.15, 0.2) is 47.6 Å². The summed E-state index contributed by atoms with van der Waals surface area (Å²) in [5.74, 6) is -6.02. The van der Waals surface area contributed by atoms with Crippen LogP contribution in [-0.4, -0.2) is 75.9 Å². The molecule has 12 nitrogen and oxygen atoms in total. The Morgan fingerprint density at radius 1 is 1.02 bits per heavy atom. The first-order valence-corrected chi connectivity index (χ1v) is 17.7. The first-order chi connectivity index (χ1) is 24.7. The maximum atomic E-state index is 15.0. The smallest absolute Gasteiger partial charge is 0.318 e. The van der Waals surface area contributed by atoms with E-state index in [9.17, 15) is 37.6 Å². The minimum atomic E-state index is -2.89. The molecular formula is C37H42F3N7O5. The van der Waals surface area contributed by atoms with Gasteiger partial charge in [0.1, 0.15) is 17.4 Å². The molecule has 0 aromatic heterocycles. The average molecular weight is 722 g/mol. The highest BCUT2D eigenvalue weighted by atomic mass is 19.3. The van der Waals surface area contributed by atoms with Crippen molar-refractivity contribution in [3.63, 3.8) is 0 Å². The van der Waals surface area contributed by atoms with Crippen LogP contribution < -0.4 is 21.3 Å². The van der Waals surface area contributed by atoms with Crippen molar-refractivity contribution in [3.05, 3.63) is 65.0 Å². The number of halogens is 3. The third-order valence-electron chi connectivity index (χ3n) is 11.7. The van der Waals surface area contributed by atoms with Gasteiger partial charge in [0.05, 0.1) is 11.3 Å². The normalized spacial score (nSPS) is 24.7. The topological polar surface area (TPSA) is 176 Å². The monoisotopic (exact) mass is 721 g/mol. The van der Waals surface area contributed by atoms with Gasteiger partial charge in [0, 0.05) is 55.4 Å². The summed E-state index contributed by atoms with van der Waals surface area (Å²) in [6, 6.07) is 9.83. The molecule has 1 aliphatic heterocycles. The van der Waals surface area contributed by atoms with Crippen molar-refractivity contribution in [2.45, 2.75) is 94.2 Å². The molecule has 1 unspecified atom stereocenters. The van der Waals surface area contributed by atoms with Gasteiger partial charge >= 0.3 is 6.03 Å². The maximum Gasteiger partial charge on any atom is 0.318 e. The first kappa shape index (κ1) is 35.5. The van der Waals surface area contributed by atoms with E-state index in [0.29, 0.717) is 42.7 Å². The third-order valence-corrected chi connectivity index (χ3v) is 11.7. The summed E-state index contributed by atoms with van der Waals surface area (Å²) in [5.41, 5.74) is -1.07. The zero-order chi connectivity index (χ0) is 37.1. The number of alkyl halides is 2. The number of anilines is 1. The van der Waals surface area contributed by atoms with Crippen LogP contribution >= 0.6 is 0 Å². The molecule has 0 radical (unpaired) electrons. The van der Waals surface area contributed by atoms with Gasteiger partial charge in [0.15, 0.2) is 5.71 Å². The number of hydrogen-bond acceptors (Lipinski definition) is 7. The predicted molar refractivity (Wildman–Crippen MR) is 184 cm³/mol. The highest BCUT2D eigenvalue weighted by Crippen LogP contribution is 2.51. The molecule has 1 heterocycles. The van der Waals surface area contributed by atoms with Crippen molar-refractivity contribution in [3.8, 4) is 0 Å². The average Bonchev–Trinajstić information content (AvgIpc) is 4.02. The molecule has 276 valence electrons. The molecule has 2 aromatic carbocycles. The predicted octanol–water partition coefficient (Wildman–Crippen LogP) is 4.39. The quantitative estimate of drug-likeness (QED) is 0.121. The van der Waals surface area contributed by atoms with E-state index in [-0.39, 0.29) is 48.7 Å². The lowest BCUT2D eigenvalue weighted by Crippen LogP contribution is -2.68. The SMILES string of the molecule is CC(=N)C(=NO)C(=O)N[C@H](C(=O)Nc1ccc2c(c1)CC(C(=O)NC1(c3ccccc3F)CC1)(N1CC3(CC3)CNC1=O)C2)C1CCC(F)(F)CC1. The molecule has 52 heavy (non-hydrogen) atoms. The number of nitrogens with zero attached hydrogens (tertiary/aromatic N) is 2. The van der Waals surface area contributed by atoms with E-state index in [2.05, 4.69) is 26.4 Å². The number of benzene rings is 2. The Balaban J connectivity index is 1.15. The van der Waals surface area contributed by atoms with Crippen LogP contribution in [0.3, 0.4) is 0 Å². The fraction of sp³-hybridized carbons (Fsp3) is 0.514. The standard InChI is InChI=1S/C37H42F3N7O5/c1-21(41)28(46-52)30(48)44-29(22-8-10-37(39,40)11-9-22)31(49)43-25-7-6-23-17-36(18-24(23)16-25,47-20-34(12-13-34)19-42-33(47)51)32(50)45-35(14-15-35)26-4-2-3-5-27(26)38/h2-7,16,22,29,41,52H,8-15,17-20H2,1H3,(H,42,51)(H,43,49)(H,44,48)(H,45,50)/t29-,36?/m0/s1. The second kappa shape index (κ2) is 12.9. The number of amides is 5. The van der Waals surface area contributed by atoms with Gasteiger partial charge in [-0.1, -0.05) is 29.4 Å². The van der Waals surface area contributed by atoms with Crippen molar-refractivity contribution < 1.29 is 37.6 Å². The van der Waals surface area contributed by atoms with Crippen LogP contribution in [0.25, 0.3) is 0 Å². The number of fused-ring (bicyclic) bond motifs is 1. The molecule has 2 atom stereocenters. The fourth-order valence-electron chi connectivity index (χ4n) is 8.17. The molecule has 3 saturated carbocycles. The second-order valence-electron chi connectivity index (χ2n) is 15.3. The molecule has 0 bridgehead atoms. The summed E-state index contributed by atoms with van der Waals surface area (Å²) in [6.45, 7) is 2.16. The summed E-state index contributed by atoms with van der Waals surface area (Å²) in [4.78, 5) is 56.5. The molecule has 4 fully saturated rings. The summed E-state index contributed by atoms with van der Waals surface area (Å²) >= 11 is 0. The Bertz CT molecular complexity index is 1870. The summed E-state index contributed by atoms with van der Waals surface area (Å²) in [7, 11) is 0. The van der Waals surface area contributed by atoms with Crippen LogP contribution in [0.4, 0.5) is 23.7 Å². The van der Waals surface area contributed by atoms with Crippen molar-refractivity contribution in [2.75, 3.05) is 18.4 Å². The highest BCUT2D eigenvalue weighted by Gasteiger charge is 2.59. The number of nitrogens with one attached hydrogen (secondary N) is 5. The number of oxime groups is 1. The maximum absolute atomic E-state index is 15.0. The Morgan fingerprint density at radius 3 is 2.35 bits per heavy atom. The zero-order valence-corrected chi connectivity index (χ0v) is 28.8. The number of carbonyl (C=O) groups excluding carboxylic acids is 4. The van der Waals surface area contributed by atoms with E-state index in [1.807, 2.05) is 0 Å². The molecule has 1 spiro atoms. The molecule has 6 N–H and O–H groups in total. The first-order valence-electron chi connectivity index (χ1n) is 17.7. The van der Waals surface area contributed by atoms with Gasteiger partial charge in [-0.15, -0.1) is 0 Å². The highest BCUT2D eigenvalue weighted by molar-refractivity contribution is 6.65. The number of hydrogen-bond donors (Lipinski definition) is 6. The van der Waals surface area contributed by atoms with Gasteiger partial charge in [0.2, 0.25) is 17.7 Å². The number of carbonyl (C=O) groups is 4. The lowest BCUT2D eigenvalue weighted by molar-refractivity contribution is -0.133. The Labute approximate surface area is 298 Å².